The molecule has 0 unspecified atom stereocenters. The number of carbonyl (C=O) groups is 2. The molecule has 0 spiro atoms. The monoisotopic (exact) mass is 409 g/mol. The Bertz CT molecular complexity index is 832. The van der Waals surface area contributed by atoms with Crippen LogP contribution in [0.1, 0.15) is 29.8 Å². The van der Waals surface area contributed by atoms with Gasteiger partial charge >= 0.3 is 0 Å². The van der Waals surface area contributed by atoms with Crippen LogP contribution in [-0.2, 0) is 11.3 Å². The lowest BCUT2D eigenvalue weighted by atomic mass is 10.1. The largest absolute Gasteiger partial charge is 0.352 e. The Balaban J connectivity index is 1.48. The van der Waals surface area contributed by atoms with Crippen molar-refractivity contribution in [1.29, 1.82) is 0 Å². The van der Waals surface area contributed by atoms with Gasteiger partial charge in [-0.15, -0.1) is 0 Å². The molecule has 7 heteroatoms. The van der Waals surface area contributed by atoms with Gasteiger partial charge in [0.1, 0.15) is 0 Å². The molecular weight excluding hydrogens is 378 g/mol. The van der Waals surface area contributed by atoms with Crippen LogP contribution in [0.5, 0.6) is 0 Å². The number of benzene rings is 1. The maximum Gasteiger partial charge on any atom is 0.253 e. The van der Waals surface area contributed by atoms with Crippen LogP contribution in [0.15, 0.2) is 48.8 Å². The molecule has 30 heavy (non-hydrogen) atoms. The Hall–Kier alpha value is -2.77. The maximum absolute atomic E-state index is 12.6. The van der Waals surface area contributed by atoms with Gasteiger partial charge in [-0.3, -0.25) is 24.4 Å². The molecule has 160 valence electrons. The maximum atomic E-state index is 12.6. The van der Waals surface area contributed by atoms with Crippen molar-refractivity contribution in [1.82, 2.24) is 20.1 Å². The summed E-state index contributed by atoms with van der Waals surface area (Å²) in [5, 5.41) is 5.82. The first-order valence-corrected chi connectivity index (χ1v) is 10.5. The summed E-state index contributed by atoms with van der Waals surface area (Å²) in [5.41, 5.74) is 2.30. The highest BCUT2D eigenvalue weighted by Gasteiger charge is 2.20. The number of rotatable bonds is 8. The molecular formula is C23H31N5O2. The number of amides is 2. The van der Waals surface area contributed by atoms with E-state index in [1.54, 1.807) is 12.1 Å². The smallest absolute Gasteiger partial charge is 0.253 e. The Labute approximate surface area is 178 Å². The van der Waals surface area contributed by atoms with Crippen molar-refractivity contribution < 1.29 is 9.59 Å². The average Bonchev–Trinajstić information content (AvgIpc) is 2.74. The van der Waals surface area contributed by atoms with Crippen LogP contribution in [0, 0.1) is 5.92 Å². The normalized spacial score (nSPS) is 15.2. The third-order valence-corrected chi connectivity index (χ3v) is 5.10. The van der Waals surface area contributed by atoms with Gasteiger partial charge in [0, 0.05) is 51.7 Å². The minimum atomic E-state index is -0.163. The molecule has 0 atom stereocenters. The van der Waals surface area contributed by atoms with Gasteiger partial charge in [0.2, 0.25) is 5.91 Å². The zero-order valence-electron chi connectivity index (χ0n) is 17.8. The second-order valence-electron chi connectivity index (χ2n) is 8.11. The Morgan fingerprint density at radius 1 is 1.00 bits per heavy atom. The fourth-order valence-corrected chi connectivity index (χ4v) is 3.43. The Morgan fingerprint density at radius 2 is 1.67 bits per heavy atom. The van der Waals surface area contributed by atoms with Gasteiger partial charge in [-0.1, -0.05) is 26.0 Å². The van der Waals surface area contributed by atoms with Crippen molar-refractivity contribution in [2.75, 3.05) is 44.6 Å². The molecule has 1 saturated heterocycles. The summed E-state index contributed by atoms with van der Waals surface area (Å²) >= 11 is 0. The van der Waals surface area contributed by atoms with E-state index < -0.39 is 0 Å². The lowest BCUT2D eigenvalue weighted by Gasteiger charge is -2.34. The number of pyridine rings is 1. The van der Waals surface area contributed by atoms with E-state index in [0.29, 0.717) is 30.3 Å². The number of nitrogens with zero attached hydrogens (tertiary/aromatic N) is 3. The van der Waals surface area contributed by atoms with Crippen molar-refractivity contribution in [3.8, 4) is 0 Å². The first-order valence-electron chi connectivity index (χ1n) is 10.5. The van der Waals surface area contributed by atoms with Gasteiger partial charge in [-0.05, 0) is 35.7 Å². The topological polar surface area (TPSA) is 77.6 Å². The lowest BCUT2D eigenvalue weighted by molar-refractivity contribution is -0.117. The van der Waals surface area contributed by atoms with Gasteiger partial charge < -0.3 is 10.6 Å². The van der Waals surface area contributed by atoms with E-state index in [0.717, 1.165) is 32.7 Å². The summed E-state index contributed by atoms with van der Waals surface area (Å²) in [4.78, 5) is 33.6. The summed E-state index contributed by atoms with van der Waals surface area (Å²) in [6, 6.07) is 11.2. The highest BCUT2D eigenvalue weighted by Crippen LogP contribution is 2.15. The zero-order valence-corrected chi connectivity index (χ0v) is 17.8. The number of nitrogens with one attached hydrogen (secondary N) is 2. The minimum Gasteiger partial charge on any atom is -0.352 e. The van der Waals surface area contributed by atoms with Gasteiger partial charge in [0.25, 0.3) is 5.91 Å². The fraction of sp³-hybridized carbons (Fsp3) is 0.435. The molecule has 7 nitrogen and oxygen atoms in total. The third kappa shape index (κ3) is 6.64. The molecule has 3 rings (SSSR count). The number of anilines is 1. The van der Waals surface area contributed by atoms with Crippen LogP contribution in [0.2, 0.25) is 0 Å². The molecule has 1 fully saturated rings. The van der Waals surface area contributed by atoms with Gasteiger partial charge in [-0.2, -0.15) is 0 Å². The molecule has 1 aromatic heterocycles. The van der Waals surface area contributed by atoms with Gasteiger partial charge in [0.15, 0.2) is 0 Å². The van der Waals surface area contributed by atoms with Crippen LogP contribution in [-0.4, -0.2) is 65.9 Å². The van der Waals surface area contributed by atoms with Gasteiger partial charge in [0.05, 0.1) is 17.8 Å². The molecule has 2 N–H and O–H groups in total. The van der Waals surface area contributed by atoms with Crippen molar-refractivity contribution in [3.05, 3.63) is 59.9 Å². The molecule has 2 aromatic rings. The summed E-state index contributed by atoms with van der Waals surface area (Å²) in [5.74, 6) is 0.110. The van der Waals surface area contributed by atoms with E-state index in [9.17, 15) is 9.59 Å². The van der Waals surface area contributed by atoms with E-state index in [1.807, 2.05) is 50.5 Å². The Morgan fingerprint density at radius 3 is 2.37 bits per heavy atom. The van der Waals surface area contributed by atoms with E-state index in [2.05, 4.69) is 25.4 Å². The molecule has 1 aliphatic heterocycles. The molecule has 2 heterocycles. The molecule has 0 aliphatic carbocycles. The van der Waals surface area contributed by atoms with E-state index in [1.165, 1.54) is 5.56 Å². The molecule has 0 saturated carbocycles. The highest BCUT2D eigenvalue weighted by atomic mass is 16.2. The number of aromatic nitrogens is 1. The van der Waals surface area contributed by atoms with Crippen LogP contribution < -0.4 is 10.6 Å². The minimum absolute atomic E-state index is 0.0957. The highest BCUT2D eigenvalue weighted by molar-refractivity contribution is 6.04. The summed E-state index contributed by atoms with van der Waals surface area (Å²) in [6.07, 6.45) is 3.63. The number of piperazine rings is 1. The van der Waals surface area contributed by atoms with Crippen LogP contribution >= 0.6 is 0 Å². The molecule has 0 radical (unpaired) electrons. The lowest BCUT2D eigenvalue weighted by Crippen LogP contribution is -2.48. The summed E-state index contributed by atoms with van der Waals surface area (Å²) in [6.45, 7) is 9.45. The van der Waals surface area contributed by atoms with Crippen molar-refractivity contribution in [2.24, 2.45) is 5.92 Å². The quantitative estimate of drug-likeness (QED) is 0.699. The van der Waals surface area contributed by atoms with E-state index in [-0.39, 0.29) is 11.8 Å². The molecule has 2 amide bonds. The first kappa shape index (κ1) is 21.9. The second-order valence-corrected chi connectivity index (χ2v) is 8.11. The SMILES string of the molecule is CC(C)CNC(=O)c1ccccc1NC(=O)CN1CCN(Cc2ccncc2)CC1. The van der Waals surface area contributed by atoms with Gasteiger partial charge in [-0.25, -0.2) is 0 Å². The number of hydrogen-bond acceptors (Lipinski definition) is 5. The van der Waals surface area contributed by atoms with E-state index in [4.69, 9.17) is 0 Å². The first-order chi connectivity index (χ1) is 14.5. The average molecular weight is 410 g/mol. The van der Waals surface area contributed by atoms with Crippen LogP contribution in [0.4, 0.5) is 5.69 Å². The molecule has 1 aromatic carbocycles. The fourth-order valence-electron chi connectivity index (χ4n) is 3.43. The summed E-state index contributed by atoms with van der Waals surface area (Å²) < 4.78 is 0. The predicted molar refractivity (Wildman–Crippen MR) is 118 cm³/mol. The van der Waals surface area contributed by atoms with Crippen molar-refractivity contribution in [2.45, 2.75) is 20.4 Å². The standard InChI is InChI=1S/C23H31N5O2/c1-18(2)15-25-23(30)20-5-3-4-6-21(20)26-22(29)17-28-13-11-27(12-14-28)16-19-7-9-24-10-8-19/h3-10,18H,11-17H2,1-2H3,(H,25,30)(H,26,29). The molecule has 1 aliphatic rings. The zero-order chi connectivity index (χ0) is 21.3. The van der Waals surface area contributed by atoms with Crippen molar-refractivity contribution >= 4 is 17.5 Å². The molecule has 0 bridgehead atoms. The van der Waals surface area contributed by atoms with Crippen LogP contribution in [0.3, 0.4) is 0 Å². The number of carbonyl (C=O) groups excluding carboxylic acids is 2. The number of hydrogen-bond donors (Lipinski definition) is 2. The second kappa shape index (κ2) is 10.8. The van der Waals surface area contributed by atoms with E-state index >= 15 is 0 Å². The number of para-hydroxylation sites is 1. The predicted octanol–water partition coefficient (Wildman–Crippen LogP) is 2.22. The third-order valence-electron chi connectivity index (χ3n) is 5.10. The summed E-state index contributed by atoms with van der Waals surface area (Å²) in [7, 11) is 0. The Kier molecular flexibility index (Phi) is 7.93. The van der Waals surface area contributed by atoms with Crippen molar-refractivity contribution in [3.63, 3.8) is 0 Å². The van der Waals surface area contributed by atoms with Crippen LogP contribution in [0.25, 0.3) is 0 Å².